The summed E-state index contributed by atoms with van der Waals surface area (Å²) in [4.78, 5) is 0.292. The lowest BCUT2D eigenvalue weighted by atomic mass is 10.1. The van der Waals surface area contributed by atoms with Gasteiger partial charge in [0.2, 0.25) is 10.0 Å². The number of sulfonamides is 1. The number of ether oxygens (including phenoxy) is 1. The van der Waals surface area contributed by atoms with Gasteiger partial charge in [-0.15, -0.1) is 0 Å². The molecule has 1 saturated heterocycles. The Kier molecular flexibility index (Phi) is 4.79. The standard InChI is InChI=1S/C13H20N2O3S/c1-14-19(16,17)13-5-3-2-4-12(13)15-8-6-11-7-9-18-10-11/h2-5,11,14-15H,6-10H2,1H3. The first-order valence-corrected chi connectivity index (χ1v) is 7.96. The monoisotopic (exact) mass is 284 g/mol. The molecule has 1 atom stereocenters. The summed E-state index contributed by atoms with van der Waals surface area (Å²) in [6.45, 7) is 2.41. The van der Waals surface area contributed by atoms with Crippen LogP contribution in [0.2, 0.25) is 0 Å². The van der Waals surface area contributed by atoms with Crippen LogP contribution in [0.3, 0.4) is 0 Å². The van der Waals surface area contributed by atoms with Crippen molar-refractivity contribution in [2.75, 3.05) is 32.1 Å². The van der Waals surface area contributed by atoms with E-state index in [1.807, 2.05) is 6.07 Å². The molecular formula is C13H20N2O3S. The van der Waals surface area contributed by atoms with E-state index < -0.39 is 10.0 Å². The van der Waals surface area contributed by atoms with Gasteiger partial charge in [-0.1, -0.05) is 12.1 Å². The molecule has 0 spiro atoms. The van der Waals surface area contributed by atoms with E-state index in [4.69, 9.17) is 4.74 Å². The lowest BCUT2D eigenvalue weighted by molar-refractivity contribution is 0.185. The first-order valence-electron chi connectivity index (χ1n) is 6.47. The van der Waals surface area contributed by atoms with E-state index in [-0.39, 0.29) is 0 Å². The predicted molar refractivity (Wildman–Crippen MR) is 74.7 cm³/mol. The van der Waals surface area contributed by atoms with Crippen molar-refractivity contribution in [2.24, 2.45) is 5.92 Å². The lowest BCUT2D eigenvalue weighted by Gasteiger charge is -2.13. The molecule has 2 N–H and O–H groups in total. The second-order valence-corrected chi connectivity index (χ2v) is 6.50. The topological polar surface area (TPSA) is 67.4 Å². The number of benzene rings is 1. The minimum atomic E-state index is -3.42. The van der Waals surface area contributed by atoms with Gasteiger partial charge in [0.1, 0.15) is 4.90 Å². The van der Waals surface area contributed by atoms with E-state index in [9.17, 15) is 8.42 Å². The second-order valence-electron chi connectivity index (χ2n) is 4.65. The fourth-order valence-corrected chi connectivity index (χ4v) is 3.09. The molecule has 1 aromatic rings. The van der Waals surface area contributed by atoms with Crippen molar-refractivity contribution in [3.05, 3.63) is 24.3 Å². The number of nitrogens with one attached hydrogen (secondary N) is 2. The van der Waals surface area contributed by atoms with E-state index in [1.54, 1.807) is 18.2 Å². The summed E-state index contributed by atoms with van der Waals surface area (Å²) >= 11 is 0. The molecule has 2 rings (SSSR count). The van der Waals surface area contributed by atoms with Crippen LogP contribution in [-0.4, -0.2) is 35.2 Å². The molecule has 5 nitrogen and oxygen atoms in total. The van der Waals surface area contributed by atoms with Crippen molar-refractivity contribution in [1.29, 1.82) is 0 Å². The normalized spacial score (nSPS) is 19.5. The van der Waals surface area contributed by atoms with Gasteiger partial charge in [-0.2, -0.15) is 0 Å². The number of hydrogen-bond donors (Lipinski definition) is 2. The molecule has 1 aliphatic rings. The number of anilines is 1. The van der Waals surface area contributed by atoms with E-state index >= 15 is 0 Å². The summed E-state index contributed by atoms with van der Waals surface area (Å²) in [6.07, 6.45) is 2.09. The van der Waals surface area contributed by atoms with E-state index in [1.165, 1.54) is 7.05 Å². The van der Waals surface area contributed by atoms with Gasteiger partial charge >= 0.3 is 0 Å². The zero-order valence-electron chi connectivity index (χ0n) is 11.1. The molecule has 6 heteroatoms. The zero-order valence-corrected chi connectivity index (χ0v) is 11.9. The molecule has 0 aliphatic carbocycles. The van der Waals surface area contributed by atoms with Gasteiger partial charge in [0, 0.05) is 19.8 Å². The molecule has 19 heavy (non-hydrogen) atoms. The molecular weight excluding hydrogens is 264 g/mol. The SMILES string of the molecule is CNS(=O)(=O)c1ccccc1NCCC1CCOC1. The summed E-state index contributed by atoms with van der Waals surface area (Å²) in [5.41, 5.74) is 0.649. The average Bonchev–Trinajstić information content (AvgIpc) is 2.92. The Balaban J connectivity index is 1.99. The Morgan fingerprint density at radius 1 is 1.37 bits per heavy atom. The first kappa shape index (κ1) is 14.3. The van der Waals surface area contributed by atoms with Crippen LogP contribution >= 0.6 is 0 Å². The summed E-state index contributed by atoms with van der Waals surface area (Å²) < 4.78 is 31.4. The van der Waals surface area contributed by atoms with Crippen molar-refractivity contribution in [3.63, 3.8) is 0 Å². The third-order valence-electron chi connectivity index (χ3n) is 3.34. The molecule has 0 bridgehead atoms. The largest absolute Gasteiger partial charge is 0.384 e. The minimum absolute atomic E-state index is 0.292. The van der Waals surface area contributed by atoms with Crippen LogP contribution in [0.25, 0.3) is 0 Å². The molecule has 0 saturated carbocycles. The van der Waals surface area contributed by atoms with E-state index in [0.29, 0.717) is 16.5 Å². The molecule has 1 unspecified atom stereocenters. The first-order chi connectivity index (χ1) is 9.13. The molecule has 0 amide bonds. The Labute approximate surface area is 114 Å². The van der Waals surface area contributed by atoms with Crippen LogP contribution in [-0.2, 0) is 14.8 Å². The summed E-state index contributed by atoms with van der Waals surface area (Å²) in [6, 6.07) is 6.94. The van der Waals surface area contributed by atoms with Crippen LogP contribution in [0.15, 0.2) is 29.2 Å². The van der Waals surface area contributed by atoms with E-state index in [0.717, 1.165) is 32.6 Å². The van der Waals surface area contributed by atoms with Crippen LogP contribution in [0.4, 0.5) is 5.69 Å². The molecule has 1 fully saturated rings. The average molecular weight is 284 g/mol. The summed E-state index contributed by atoms with van der Waals surface area (Å²) in [5, 5.41) is 3.21. The van der Waals surface area contributed by atoms with Gasteiger partial charge in [-0.3, -0.25) is 0 Å². The van der Waals surface area contributed by atoms with Crippen LogP contribution in [0.5, 0.6) is 0 Å². The highest BCUT2D eigenvalue weighted by molar-refractivity contribution is 7.89. The Morgan fingerprint density at radius 2 is 2.16 bits per heavy atom. The Morgan fingerprint density at radius 3 is 2.84 bits per heavy atom. The fraction of sp³-hybridized carbons (Fsp3) is 0.538. The number of hydrogen-bond acceptors (Lipinski definition) is 4. The van der Waals surface area contributed by atoms with Crippen LogP contribution < -0.4 is 10.0 Å². The van der Waals surface area contributed by atoms with Crippen molar-refractivity contribution < 1.29 is 13.2 Å². The van der Waals surface area contributed by atoms with Crippen LogP contribution in [0.1, 0.15) is 12.8 Å². The predicted octanol–water partition coefficient (Wildman–Crippen LogP) is 1.43. The Hall–Kier alpha value is -1.11. The third kappa shape index (κ3) is 3.68. The van der Waals surface area contributed by atoms with Gasteiger partial charge in [0.05, 0.1) is 5.69 Å². The molecule has 0 radical (unpaired) electrons. The maximum absolute atomic E-state index is 11.9. The van der Waals surface area contributed by atoms with Gasteiger partial charge in [0.15, 0.2) is 0 Å². The van der Waals surface area contributed by atoms with Crippen LogP contribution in [0, 0.1) is 5.92 Å². The second kappa shape index (κ2) is 6.36. The fourth-order valence-electron chi connectivity index (χ4n) is 2.18. The van der Waals surface area contributed by atoms with Crippen molar-refractivity contribution in [1.82, 2.24) is 4.72 Å². The van der Waals surface area contributed by atoms with Crippen molar-refractivity contribution in [3.8, 4) is 0 Å². The van der Waals surface area contributed by atoms with Crippen molar-refractivity contribution >= 4 is 15.7 Å². The molecule has 106 valence electrons. The molecule has 1 heterocycles. The molecule has 1 aromatic carbocycles. The molecule has 0 aromatic heterocycles. The van der Waals surface area contributed by atoms with Gasteiger partial charge in [-0.05, 0) is 37.9 Å². The molecule has 1 aliphatic heterocycles. The smallest absolute Gasteiger partial charge is 0.242 e. The zero-order chi connectivity index (χ0) is 13.7. The number of rotatable bonds is 6. The maximum atomic E-state index is 11.9. The third-order valence-corrected chi connectivity index (χ3v) is 4.81. The van der Waals surface area contributed by atoms with Gasteiger partial charge < -0.3 is 10.1 Å². The lowest BCUT2D eigenvalue weighted by Crippen LogP contribution is -2.20. The van der Waals surface area contributed by atoms with Gasteiger partial charge in [-0.25, -0.2) is 13.1 Å². The Bertz CT molecular complexity index is 510. The minimum Gasteiger partial charge on any atom is -0.384 e. The maximum Gasteiger partial charge on any atom is 0.242 e. The van der Waals surface area contributed by atoms with Gasteiger partial charge in [0.25, 0.3) is 0 Å². The quantitative estimate of drug-likeness (QED) is 0.829. The van der Waals surface area contributed by atoms with Crippen molar-refractivity contribution in [2.45, 2.75) is 17.7 Å². The summed E-state index contributed by atoms with van der Waals surface area (Å²) in [5.74, 6) is 0.584. The number of para-hydroxylation sites is 1. The highest BCUT2D eigenvalue weighted by Crippen LogP contribution is 2.21. The highest BCUT2D eigenvalue weighted by atomic mass is 32.2. The highest BCUT2D eigenvalue weighted by Gasteiger charge is 2.17. The summed E-state index contributed by atoms with van der Waals surface area (Å²) in [7, 11) is -2.00. The van der Waals surface area contributed by atoms with E-state index in [2.05, 4.69) is 10.0 Å².